The smallest absolute Gasteiger partial charge is 0.224 e. The van der Waals surface area contributed by atoms with Crippen LogP contribution >= 0.6 is 0 Å². The summed E-state index contributed by atoms with van der Waals surface area (Å²) in [5.74, 6) is -1.49. The third-order valence-electron chi connectivity index (χ3n) is 4.66. The highest BCUT2D eigenvalue weighted by Gasteiger charge is 2.40. The maximum atomic E-state index is 12.8. The van der Waals surface area contributed by atoms with Crippen LogP contribution < -0.4 is 11.1 Å². The van der Waals surface area contributed by atoms with Crippen molar-refractivity contribution in [1.29, 1.82) is 0 Å². The first-order valence-electron chi connectivity index (χ1n) is 9.85. The number of amides is 2. The molecule has 2 amide bonds. The van der Waals surface area contributed by atoms with Gasteiger partial charge in [0.05, 0.1) is 18.6 Å². The number of nitrogens with two attached hydrogens (primary N) is 1. The average molecular weight is 377 g/mol. The molecule has 0 fully saturated rings. The summed E-state index contributed by atoms with van der Waals surface area (Å²) in [5, 5.41) is 2.92. The van der Waals surface area contributed by atoms with Crippen LogP contribution in [0.5, 0.6) is 0 Å². The van der Waals surface area contributed by atoms with E-state index < -0.39 is 17.7 Å². The molecule has 0 radical (unpaired) electrons. The molecule has 0 saturated heterocycles. The highest BCUT2D eigenvalue weighted by atomic mass is 16.5. The first kappa shape index (κ1) is 23.2. The zero-order valence-corrected chi connectivity index (χ0v) is 17.5. The number of hydrogen-bond acceptors (Lipinski definition) is 3. The molecule has 27 heavy (non-hydrogen) atoms. The molecule has 3 N–H and O–H groups in total. The zero-order chi connectivity index (χ0) is 20.4. The number of carbonyl (C=O) groups excluding carboxylic acids is 2. The molecule has 5 heteroatoms. The van der Waals surface area contributed by atoms with Gasteiger partial charge in [-0.15, -0.1) is 0 Å². The predicted octanol–water partition coefficient (Wildman–Crippen LogP) is 3.31. The van der Waals surface area contributed by atoms with Crippen molar-refractivity contribution in [2.45, 2.75) is 60.0 Å². The van der Waals surface area contributed by atoms with Crippen LogP contribution in [0.2, 0.25) is 0 Å². The Morgan fingerprint density at radius 3 is 2.30 bits per heavy atom. The fourth-order valence-corrected chi connectivity index (χ4v) is 3.40. The van der Waals surface area contributed by atoms with Gasteiger partial charge in [0, 0.05) is 12.5 Å². The first-order valence-corrected chi connectivity index (χ1v) is 9.85. The molecule has 1 aromatic rings. The number of hydrogen-bond donors (Lipinski definition) is 2. The lowest BCUT2D eigenvalue weighted by atomic mass is 9.70. The molecule has 0 heterocycles. The molecule has 1 unspecified atom stereocenters. The minimum Gasteiger partial charge on any atom is -0.377 e. The first-order chi connectivity index (χ1) is 12.6. The lowest BCUT2D eigenvalue weighted by molar-refractivity contribution is -0.138. The lowest BCUT2D eigenvalue weighted by Gasteiger charge is -2.34. The standard InChI is InChI=1S/C22H36N2O3/c1-16(2)27-15-14-24-21(26)19(22(3,4)5)18(20(23)25)13-9-12-17-10-7-6-8-11-17/h6-8,10-11,16,18-19H,9,12-15H2,1-5H3,(H2,23,25)(H,24,26)/t18?,19-/m1/s1. The number of aryl methyl sites for hydroxylation is 1. The van der Waals surface area contributed by atoms with Crippen LogP contribution in [0.15, 0.2) is 30.3 Å². The van der Waals surface area contributed by atoms with Crippen LogP contribution in [0, 0.1) is 17.3 Å². The summed E-state index contributed by atoms with van der Waals surface area (Å²) in [4.78, 5) is 25.0. The van der Waals surface area contributed by atoms with Crippen LogP contribution in [0.3, 0.4) is 0 Å². The average Bonchev–Trinajstić information content (AvgIpc) is 2.57. The Bertz CT molecular complexity index is 579. The molecule has 0 aliphatic rings. The summed E-state index contributed by atoms with van der Waals surface area (Å²) in [6.45, 7) is 10.7. The van der Waals surface area contributed by atoms with E-state index in [2.05, 4.69) is 17.4 Å². The molecule has 152 valence electrons. The molecular weight excluding hydrogens is 340 g/mol. The summed E-state index contributed by atoms with van der Waals surface area (Å²) in [7, 11) is 0. The van der Waals surface area contributed by atoms with Gasteiger partial charge in [0.15, 0.2) is 0 Å². The molecule has 0 bridgehead atoms. The number of nitrogens with one attached hydrogen (secondary N) is 1. The molecule has 5 nitrogen and oxygen atoms in total. The third-order valence-corrected chi connectivity index (χ3v) is 4.66. The van der Waals surface area contributed by atoms with E-state index in [1.165, 1.54) is 5.56 Å². The van der Waals surface area contributed by atoms with Crippen LogP contribution in [0.1, 0.15) is 53.0 Å². The van der Waals surface area contributed by atoms with Gasteiger partial charge in [0.1, 0.15) is 0 Å². The van der Waals surface area contributed by atoms with Crippen molar-refractivity contribution in [3.05, 3.63) is 35.9 Å². The van der Waals surface area contributed by atoms with Crippen LogP contribution in [-0.4, -0.2) is 31.1 Å². The second-order valence-electron chi connectivity index (χ2n) is 8.44. The van der Waals surface area contributed by atoms with Crippen LogP contribution in [0.4, 0.5) is 0 Å². The van der Waals surface area contributed by atoms with Gasteiger partial charge in [-0.2, -0.15) is 0 Å². The molecule has 1 aromatic carbocycles. The van der Waals surface area contributed by atoms with Crippen LogP contribution in [-0.2, 0) is 20.7 Å². The Kier molecular flexibility index (Phi) is 9.50. The largest absolute Gasteiger partial charge is 0.377 e. The molecule has 2 atom stereocenters. The fourth-order valence-electron chi connectivity index (χ4n) is 3.40. The van der Waals surface area contributed by atoms with Crippen molar-refractivity contribution in [1.82, 2.24) is 5.32 Å². The Balaban J connectivity index is 2.73. The fraction of sp³-hybridized carbons (Fsp3) is 0.636. The minimum atomic E-state index is -0.486. The lowest BCUT2D eigenvalue weighted by Crippen LogP contribution is -2.47. The van der Waals surface area contributed by atoms with E-state index in [4.69, 9.17) is 10.5 Å². The van der Waals surface area contributed by atoms with Crippen molar-refractivity contribution < 1.29 is 14.3 Å². The molecule has 0 saturated carbocycles. The maximum Gasteiger partial charge on any atom is 0.224 e. The van der Waals surface area contributed by atoms with E-state index in [1.807, 2.05) is 52.8 Å². The normalized spacial score (nSPS) is 14.0. The van der Waals surface area contributed by atoms with E-state index in [0.29, 0.717) is 19.6 Å². The van der Waals surface area contributed by atoms with E-state index in [-0.39, 0.29) is 17.4 Å². The number of rotatable bonds is 11. The van der Waals surface area contributed by atoms with E-state index in [0.717, 1.165) is 12.8 Å². The monoisotopic (exact) mass is 376 g/mol. The number of ether oxygens (including phenoxy) is 1. The summed E-state index contributed by atoms with van der Waals surface area (Å²) in [6.07, 6.45) is 2.40. The van der Waals surface area contributed by atoms with E-state index >= 15 is 0 Å². The van der Waals surface area contributed by atoms with Crippen molar-refractivity contribution in [3.8, 4) is 0 Å². The zero-order valence-electron chi connectivity index (χ0n) is 17.5. The van der Waals surface area contributed by atoms with Gasteiger partial charge in [-0.1, -0.05) is 51.1 Å². The van der Waals surface area contributed by atoms with Crippen molar-refractivity contribution in [3.63, 3.8) is 0 Å². The quantitative estimate of drug-likeness (QED) is 0.581. The summed E-state index contributed by atoms with van der Waals surface area (Å²) in [6, 6.07) is 10.1. The molecule has 1 rings (SSSR count). The number of benzene rings is 1. The Morgan fingerprint density at radius 2 is 1.78 bits per heavy atom. The van der Waals surface area contributed by atoms with Gasteiger partial charge in [-0.25, -0.2) is 0 Å². The van der Waals surface area contributed by atoms with Gasteiger partial charge in [0.2, 0.25) is 11.8 Å². The topological polar surface area (TPSA) is 81.4 Å². The highest BCUT2D eigenvalue weighted by molar-refractivity contribution is 5.87. The van der Waals surface area contributed by atoms with Crippen LogP contribution in [0.25, 0.3) is 0 Å². The second-order valence-corrected chi connectivity index (χ2v) is 8.44. The van der Waals surface area contributed by atoms with Gasteiger partial charge in [0.25, 0.3) is 0 Å². The van der Waals surface area contributed by atoms with Gasteiger partial charge < -0.3 is 15.8 Å². The van der Waals surface area contributed by atoms with E-state index in [9.17, 15) is 9.59 Å². The molecule has 0 aliphatic heterocycles. The maximum absolute atomic E-state index is 12.8. The predicted molar refractivity (Wildman–Crippen MR) is 109 cm³/mol. The number of primary amides is 1. The summed E-state index contributed by atoms with van der Waals surface area (Å²) in [5.41, 5.74) is 6.56. The Hall–Kier alpha value is -1.88. The molecular formula is C22H36N2O3. The summed E-state index contributed by atoms with van der Waals surface area (Å²) >= 11 is 0. The van der Waals surface area contributed by atoms with Gasteiger partial charge in [-0.3, -0.25) is 9.59 Å². The Labute approximate surface area is 164 Å². The number of carbonyl (C=O) groups is 2. The Morgan fingerprint density at radius 1 is 1.15 bits per heavy atom. The summed E-state index contributed by atoms with van der Waals surface area (Å²) < 4.78 is 5.47. The van der Waals surface area contributed by atoms with Gasteiger partial charge >= 0.3 is 0 Å². The van der Waals surface area contributed by atoms with Gasteiger partial charge in [-0.05, 0) is 44.1 Å². The molecule has 0 spiro atoms. The third kappa shape index (κ3) is 8.57. The van der Waals surface area contributed by atoms with Crippen molar-refractivity contribution >= 4 is 11.8 Å². The van der Waals surface area contributed by atoms with Crippen molar-refractivity contribution in [2.24, 2.45) is 23.0 Å². The SMILES string of the molecule is CC(C)OCCNC(=O)[C@@H](C(CCCc1ccccc1)C(N)=O)C(C)(C)C. The molecule has 0 aliphatic carbocycles. The molecule has 0 aromatic heterocycles. The van der Waals surface area contributed by atoms with E-state index in [1.54, 1.807) is 0 Å². The highest BCUT2D eigenvalue weighted by Crippen LogP contribution is 2.35. The van der Waals surface area contributed by atoms with Crippen molar-refractivity contribution in [2.75, 3.05) is 13.2 Å². The second kappa shape index (κ2) is 11.1. The minimum absolute atomic E-state index is 0.122.